The average molecular weight is 363 g/mol. The summed E-state index contributed by atoms with van der Waals surface area (Å²) in [5, 5.41) is 6.02. The molecule has 1 amide bonds. The van der Waals surface area contributed by atoms with Crippen LogP contribution in [-0.2, 0) is 11.2 Å². The Morgan fingerprint density at radius 2 is 2.07 bits per heavy atom. The van der Waals surface area contributed by atoms with Crippen LogP contribution in [-0.4, -0.2) is 30.5 Å². The molecule has 6 heteroatoms. The number of hydrazine groups is 1. The lowest BCUT2D eigenvalue weighted by Crippen LogP contribution is -2.28. The molecule has 3 rings (SSSR count). The van der Waals surface area contributed by atoms with Gasteiger partial charge in [0.1, 0.15) is 0 Å². The van der Waals surface area contributed by atoms with Crippen LogP contribution in [0.2, 0.25) is 0 Å². The van der Waals surface area contributed by atoms with Crippen LogP contribution >= 0.6 is 0 Å². The van der Waals surface area contributed by atoms with E-state index in [0.717, 1.165) is 35.4 Å². The zero-order valence-corrected chi connectivity index (χ0v) is 15.6. The average Bonchev–Trinajstić information content (AvgIpc) is 3.12. The second-order valence-electron chi connectivity index (χ2n) is 6.45. The molecule has 2 heterocycles. The van der Waals surface area contributed by atoms with Gasteiger partial charge in [0.05, 0.1) is 6.04 Å². The van der Waals surface area contributed by atoms with Gasteiger partial charge in [-0.15, -0.1) is 0 Å². The number of hydrogen-bond donors (Lipinski definition) is 4. The predicted molar refractivity (Wildman–Crippen MR) is 110 cm³/mol. The number of benzene rings is 1. The van der Waals surface area contributed by atoms with Crippen LogP contribution in [0.25, 0.3) is 11.6 Å². The van der Waals surface area contributed by atoms with E-state index in [1.807, 2.05) is 43.6 Å². The molecule has 0 saturated carbocycles. The van der Waals surface area contributed by atoms with Gasteiger partial charge in [0.2, 0.25) is 5.91 Å². The van der Waals surface area contributed by atoms with Crippen molar-refractivity contribution in [1.29, 1.82) is 0 Å². The third kappa shape index (κ3) is 5.03. The lowest BCUT2D eigenvalue weighted by atomic mass is 9.98. The lowest BCUT2D eigenvalue weighted by molar-refractivity contribution is -0.111. The number of nitrogens with one attached hydrogen (secondary N) is 4. The Hall–Kier alpha value is -2.96. The van der Waals surface area contributed by atoms with E-state index in [4.69, 9.17) is 0 Å². The Labute approximate surface area is 159 Å². The highest BCUT2D eigenvalue weighted by Crippen LogP contribution is 2.24. The fourth-order valence-corrected chi connectivity index (χ4v) is 2.93. The van der Waals surface area contributed by atoms with Crippen LogP contribution < -0.4 is 21.5 Å². The summed E-state index contributed by atoms with van der Waals surface area (Å²) in [5.74, 6) is -0.169. The van der Waals surface area contributed by atoms with Gasteiger partial charge in [0, 0.05) is 35.9 Å². The molecule has 6 nitrogen and oxygen atoms in total. The molecule has 140 valence electrons. The number of hydrogen-bond acceptors (Lipinski definition) is 5. The van der Waals surface area contributed by atoms with Gasteiger partial charge >= 0.3 is 0 Å². The van der Waals surface area contributed by atoms with Crippen molar-refractivity contribution in [3.8, 4) is 0 Å². The number of anilines is 1. The van der Waals surface area contributed by atoms with Gasteiger partial charge in [-0.3, -0.25) is 9.78 Å². The van der Waals surface area contributed by atoms with Crippen molar-refractivity contribution in [3.05, 3.63) is 71.7 Å². The van der Waals surface area contributed by atoms with E-state index in [-0.39, 0.29) is 11.9 Å². The van der Waals surface area contributed by atoms with Gasteiger partial charge in [-0.2, -0.15) is 0 Å². The maximum Gasteiger partial charge on any atom is 0.248 e. The molecule has 0 bridgehead atoms. The first kappa shape index (κ1) is 18.8. The Morgan fingerprint density at radius 1 is 1.26 bits per heavy atom. The van der Waals surface area contributed by atoms with Crippen LogP contribution in [0.15, 0.2) is 55.0 Å². The third-order valence-corrected chi connectivity index (χ3v) is 4.46. The van der Waals surface area contributed by atoms with Gasteiger partial charge < -0.3 is 16.1 Å². The molecule has 2 aromatic rings. The largest absolute Gasteiger partial charge is 0.328 e. The highest BCUT2D eigenvalue weighted by Gasteiger charge is 2.17. The van der Waals surface area contributed by atoms with Gasteiger partial charge in [0.15, 0.2) is 0 Å². The first-order chi connectivity index (χ1) is 13.2. The maximum absolute atomic E-state index is 12.3. The summed E-state index contributed by atoms with van der Waals surface area (Å²) in [5.41, 5.74) is 11.3. The van der Waals surface area contributed by atoms with Crippen molar-refractivity contribution >= 4 is 23.2 Å². The Kier molecular flexibility index (Phi) is 6.35. The van der Waals surface area contributed by atoms with E-state index in [2.05, 4.69) is 33.4 Å². The highest BCUT2D eigenvalue weighted by atomic mass is 16.1. The van der Waals surface area contributed by atoms with Crippen molar-refractivity contribution in [2.24, 2.45) is 0 Å². The second kappa shape index (κ2) is 9.12. The minimum Gasteiger partial charge on any atom is -0.328 e. The van der Waals surface area contributed by atoms with E-state index in [9.17, 15) is 4.79 Å². The normalized spacial score (nSPS) is 16.2. The number of aromatic nitrogens is 1. The number of pyridine rings is 1. The molecular formula is C21H25N5O. The molecule has 0 fully saturated rings. The number of nitrogens with zero attached hydrogens (tertiary/aromatic N) is 1. The SMILES string of the molecule is CNCCc1ccc(NC(=O)/C=C/c2cnccc2C2=CNNC2C)cc1. The van der Waals surface area contributed by atoms with Gasteiger partial charge in [-0.1, -0.05) is 12.1 Å². The summed E-state index contributed by atoms with van der Waals surface area (Å²) >= 11 is 0. The molecule has 1 aliphatic heterocycles. The molecule has 1 unspecified atom stereocenters. The zero-order valence-electron chi connectivity index (χ0n) is 15.6. The van der Waals surface area contributed by atoms with Crippen LogP contribution in [0, 0.1) is 0 Å². The number of carbonyl (C=O) groups excluding carboxylic acids is 1. The summed E-state index contributed by atoms with van der Waals surface area (Å²) in [4.78, 5) is 16.5. The Morgan fingerprint density at radius 3 is 2.78 bits per heavy atom. The minimum absolute atomic E-state index is 0.169. The van der Waals surface area contributed by atoms with Crippen LogP contribution in [0.1, 0.15) is 23.6 Å². The molecule has 1 aromatic carbocycles. The molecule has 0 saturated heterocycles. The minimum atomic E-state index is -0.169. The van der Waals surface area contributed by atoms with Gasteiger partial charge in [0.25, 0.3) is 0 Å². The van der Waals surface area contributed by atoms with Gasteiger partial charge in [-0.05, 0) is 67.9 Å². The van der Waals surface area contributed by atoms with Crippen molar-refractivity contribution in [2.75, 3.05) is 18.9 Å². The first-order valence-corrected chi connectivity index (χ1v) is 9.05. The Bertz CT molecular complexity index is 842. The highest BCUT2D eigenvalue weighted by molar-refractivity contribution is 6.02. The molecule has 1 atom stereocenters. The molecule has 1 aliphatic rings. The summed E-state index contributed by atoms with van der Waals surface area (Å²) < 4.78 is 0. The Balaban J connectivity index is 1.65. The molecule has 0 radical (unpaired) electrons. The van der Waals surface area contributed by atoms with Gasteiger partial charge in [-0.25, -0.2) is 5.43 Å². The quantitative estimate of drug-likeness (QED) is 0.568. The molecular weight excluding hydrogens is 338 g/mol. The van der Waals surface area contributed by atoms with Crippen molar-refractivity contribution in [1.82, 2.24) is 21.2 Å². The van der Waals surface area contributed by atoms with Crippen LogP contribution in [0.3, 0.4) is 0 Å². The summed E-state index contributed by atoms with van der Waals surface area (Å²) in [7, 11) is 1.94. The number of rotatable bonds is 7. The predicted octanol–water partition coefficient (Wildman–Crippen LogP) is 2.33. The number of amides is 1. The maximum atomic E-state index is 12.3. The summed E-state index contributed by atoms with van der Waals surface area (Å²) in [6, 6.07) is 10.1. The zero-order chi connectivity index (χ0) is 19.1. The topological polar surface area (TPSA) is 78.1 Å². The smallest absolute Gasteiger partial charge is 0.248 e. The molecule has 0 spiro atoms. The van der Waals surface area contributed by atoms with E-state index >= 15 is 0 Å². The molecule has 0 aliphatic carbocycles. The molecule has 4 N–H and O–H groups in total. The first-order valence-electron chi connectivity index (χ1n) is 9.05. The second-order valence-corrected chi connectivity index (χ2v) is 6.45. The number of likely N-dealkylation sites (N-methyl/N-ethyl adjacent to an activating group) is 1. The summed E-state index contributed by atoms with van der Waals surface area (Å²) in [6.45, 7) is 3.01. The van der Waals surface area contributed by atoms with Crippen molar-refractivity contribution < 1.29 is 4.79 Å². The van der Waals surface area contributed by atoms with E-state index < -0.39 is 0 Å². The third-order valence-electron chi connectivity index (χ3n) is 4.46. The molecule has 1 aromatic heterocycles. The van der Waals surface area contributed by atoms with E-state index in [1.165, 1.54) is 11.6 Å². The standard InChI is InChI=1S/C21H25N5O/c1-15-20(14-24-26-15)19-10-12-23-13-17(19)5-8-21(27)25-18-6-3-16(4-7-18)9-11-22-2/h3-8,10,12-15,22,24,26H,9,11H2,1-2H3,(H,25,27)/b8-5+. The van der Waals surface area contributed by atoms with Crippen molar-refractivity contribution in [3.63, 3.8) is 0 Å². The van der Waals surface area contributed by atoms with E-state index in [0.29, 0.717) is 0 Å². The fourth-order valence-electron chi connectivity index (χ4n) is 2.93. The van der Waals surface area contributed by atoms with Crippen LogP contribution in [0.5, 0.6) is 0 Å². The summed E-state index contributed by atoms with van der Waals surface area (Å²) in [6.07, 6.45) is 9.76. The van der Waals surface area contributed by atoms with E-state index in [1.54, 1.807) is 18.5 Å². The number of carbonyl (C=O) groups is 1. The molecule has 27 heavy (non-hydrogen) atoms. The lowest BCUT2D eigenvalue weighted by Gasteiger charge is -2.11. The monoisotopic (exact) mass is 363 g/mol. The van der Waals surface area contributed by atoms with Crippen molar-refractivity contribution in [2.45, 2.75) is 19.4 Å². The van der Waals surface area contributed by atoms with Crippen LogP contribution in [0.4, 0.5) is 5.69 Å². The fraction of sp³-hybridized carbons (Fsp3) is 0.238.